The molecule has 0 bridgehead atoms. The number of hydrogen-bond acceptors (Lipinski definition) is 5. The summed E-state index contributed by atoms with van der Waals surface area (Å²) in [6.45, 7) is 0.691. The van der Waals surface area contributed by atoms with Gasteiger partial charge in [-0.05, 0) is 18.2 Å². The fourth-order valence-electron chi connectivity index (χ4n) is 1.74. The third kappa shape index (κ3) is 4.67. The van der Waals surface area contributed by atoms with Gasteiger partial charge in [-0.25, -0.2) is 0 Å². The minimum absolute atomic E-state index is 0.0261. The van der Waals surface area contributed by atoms with Crippen LogP contribution in [0.4, 0.5) is 24.5 Å². The van der Waals surface area contributed by atoms with E-state index in [1.807, 2.05) is 0 Å². The molecule has 0 fully saturated rings. The lowest BCUT2D eigenvalue weighted by atomic mass is 10.1. The van der Waals surface area contributed by atoms with E-state index in [1.54, 1.807) is 6.92 Å². The lowest BCUT2D eigenvalue weighted by Gasteiger charge is -2.21. The van der Waals surface area contributed by atoms with Gasteiger partial charge in [0.15, 0.2) is 0 Å². The largest absolute Gasteiger partial charge is 0.401 e. The second kappa shape index (κ2) is 6.53. The zero-order chi connectivity index (χ0) is 15.3. The zero-order valence-electron chi connectivity index (χ0n) is 10.8. The van der Waals surface area contributed by atoms with Gasteiger partial charge < -0.3 is 5.43 Å². The first-order chi connectivity index (χ1) is 9.26. The summed E-state index contributed by atoms with van der Waals surface area (Å²) < 4.78 is 37.0. The lowest BCUT2D eigenvalue weighted by Crippen LogP contribution is -2.33. The van der Waals surface area contributed by atoms with Gasteiger partial charge in [-0.2, -0.15) is 13.2 Å². The highest BCUT2D eigenvalue weighted by Gasteiger charge is 2.30. The summed E-state index contributed by atoms with van der Waals surface area (Å²) in [5, 5.41) is 10.8. The fraction of sp³-hybridized carbons (Fsp3) is 0.455. The van der Waals surface area contributed by atoms with Crippen LogP contribution in [0.5, 0.6) is 0 Å². The van der Waals surface area contributed by atoms with E-state index in [2.05, 4.69) is 5.43 Å². The summed E-state index contributed by atoms with van der Waals surface area (Å²) in [6.07, 6.45) is -4.30. The van der Waals surface area contributed by atoms with Gasteiger partial charge in [-0.15, -0.1) is 0 Å². The van der Waals surface area contributed by atoms with Crippen molar-refractivity contribution in [3.63, 3.8) is 0 Å². The number of hydrazine groups is 1. The van der Waals surface area contributed by atoms with Gasteiger partial charge in [0.25, 0.3) is 5.69 Å². The topological polar surface area (TPSA) is 84.4 Å². The maximum Gasteiger partial charge on any atom is 0.401 e. The standard InChI is InChI=1S/C11H15F3N4O2/c1-2-17(7-11(12,13)14)6-8-3-4-9(16-15)10(5-8)18(19)20/h3-5,16H,2,6-7,15H2,1H3. The summed E-state index contributed by atoms with van der Waals surface area (Å²) in [5.41, 5.74) is 2.43. The average Bonchev–Trinajstić information content (AvgIpc) is 2.36. The van der Waals surface area contributed by atoms with Crippen LogP contribution in [-0.2, 0) is 6.54 Å². The zero-order valence-corrected chi connectivity index (χ0v) is 10.8. The number of anilines is 1. The molecule has 0 saturated carbocycles. The third-order valence-electron chi connectivity index (χ3n) is 2.67. The number of rotatable bonds is 6. The molecule has 1 aromatic carbocycles. The van der Waals surface area contributed by atoms with E-state index in [0.717, 1.165) is 4.90 Å². The summed E-state index contributed by atoms with van der Waals surface area (Å²) in [6, 6.07) is 4.09. The predicted octanol–water partition coefficient (Wildman–Crippen LogP) is 2.26. The summed E-state index contributed by atoms with van der Waals surface area (Å²) >= 11 is 0. The quantitative estimate of drug-likeness (QED) is 0.477. The van der Waals surface area contributed by atoms with Gasteiger partial charge in [-0.3, -0.25) is 20.9 Å². The molecule has 1 aromatic rings. The molecule has 1 rings (SSSR count). The normalized spacial score (nSPS) is 11.7. The number of nitrogens with zero attached hydrogens (tertiary/aromatic N) is 2. The van der Waals surface area contributed by atoms with E-state index < -0.39 is 17.6 Å². The highest BCUT2D eigenvalue weighted by Crippen LogP contribution is 2.26. The second-order valence-corrected chi connectivity index (χ2v) is 4.17. The van der Waals surface area contributed by atoms with E-state index in [4.69, 9.17) is 5.84 Å². The predicted molar refractivity (Wildman–Crippen MR) is 67.9 cm³/mol. The van der Waals surface area contributed by atoms with Crippen LogP contribution in [0.2, 0.25) is 0 Å². The van der Waals surface area contributed by atoms with Crippen LogP contribution in [0.15, 0.2) is 18.2 Å². The van der Waals surface area contributed by atoms with Crippen molar-refractivity contribution in [3.8, 4) is 0 Å². The Labute approximate surface area is 113 Å². The molecule has 0 aliphatic rings. The molecule has 0 aliphatic carbocycles. The van der Waals surface area contributed by atoms with Crippen molar-refractivity contribution >= 4 is 11.4 Å². The second-order valence-electron chi connectivity index (χ2n) is 4.17. The Morgan fingerprint density at radius 3 is 2.55 bits per heavy atom. The summed E-state index contributed by atoms with van der Waals surface area (Å²) in [7, 11) is 0. The molecule has 0 saturated heterocycles. The molecule has 112 valence electrons. The Balaban J connectivity index is 2.91. The average molecular weight is 292 g/mol. The molecular formula is C11H15F3N4O2. The van der Waals surface area contributed by atoms with Crippen LogP contribution in [-0.4, -0.2) is 29.1 Å². The van der Waals surface area contributed by atoms with Crippen LogP contribution in [0.3, 0.4) is 0 Å². The smallest absolute Gasteiger partial charge is 0.318 e. The monoisotopic (exact) mass is 292 g/mol. The molecule has 0 aromatic heterocycles. The van der Waals surface area contributed by atoms with Crippen LogP contribution in [0.25, 0.3) is 0 Å². The fourth-order valence-corrected chi connectivity index (χ4v) is 1.74. The molecule has 3 N–H and O–H groups in total. The SMILES string of the molecule is CCN(Cc1ccc(NN)c([N+](=O)[O-])c1)CC(F)(F)F. The number of halogens is 3. The van der Waals surface area contributed by atoms with Crippen molar-refractivity contribution in [2.45, 2.75) is 19.6 Å². The summed E-state index contributed by atoms with van der Waals surface area (Å²) in [4.78, 5) is 11.3. The third-order valence-corrected chi connectivity index (χ3v) is 2.67. The minimum Gasteiger partial charge on any atom is -0.318 e. The highest BCUT2D eigenvalue weighted by atomic mass is 19.4. The lowest BCUT2D eigenvalue weighted by molar-refractivity contribution is -0.384. The van der Waals surface area contributed by atoms with E-state index in [0.29, 0.717) is 5.56 Å². The molecular weight excluding hydrogens is 277 g/mol. The van der Waals surface area contributed by atoms with Gasteiger partial charge in [0.05, 0.1) is 11.5 Å². The molecule has 0 heterocycles. The van der Waals surface area contributed by atoms with Crippen LogP contribution in [0, 0.1) is 10.1 Å². The van der Waals surface area contributed by atoms with Crippen LogP contribution >= 0.6 is 0 Å². The van der Waals surface area contributed by atoms with Gasteiger partial charge in [-0.1, -0.05) is 13.0 Å². The number of nitro groups is 1. The number of nitro benzene ring substituents is 1. The van der Waals surface area contributed by atoms with E-state index in [1.165, 1.54) is 18.2 Å². The number of benzene rings is 1. The minimum atomic E-state index is -4.30. The number of alkyl halides is 3. The van der Waals surface area contributed by atoms with E-state index >= 15 is 0 Å². The van der Waals surface area contributed by atoms with Crippen molar-refractivity contribution in [1.82, 2.24) is 4.90 Å². The molecule has 0 aliphatic heterocycles. The van der Waals surface area contributed by atoms with Crippen molar-refractivity contribution in [3.05, 3.63) is 33.9 Å². The number of hydrogen-bond donors (Lipinski definition) is 2. The first kappa shape index (κ1) is 16.2. The van der Waals surface area contributed by atoms with Crippen molar-refractivity contribution in [2.24, 2.45) is 5.84 Å². The first-order valence-electron chi connectivity index (χ1n) is 5.80. The molecule has 0 radical (unpaired) electrons. The highest BCUT2D eigenvalue weighted by molar-refractivity contribution is 5.61. The Morgan fingerprint density at radius 2 is 2.10 bits per heavy atom. The number of nitrogens with two attached hydrogens (primary N) is 1. The molecule has 0 unspecified atom stereocenters. The first-order valence-corrected chi connectivity index (χ1v) is 5.80. The maximum atomic E-state index is 12.3. The van der Waals surface area contributed by atoms with Crippen LogP contribution in [0.1, 0.15) is 12.5 Å². The Bertz CT molecular complexity index is 479. The molecule has 0 spiro atoms. The Hall–Kier alpha value is -1.87. The van der Waals surface area contributed by atoms with Crippen molar-refractivity contribution in [1.29, 1.82) is 0 Å². The van der Waals surface area contributed by atoms with Crippen molar-refractivity contribution in [2.75, 3.05) is 18.5 Å². The summed E-state index contributed by atoms with van der Waals surface area (Å²) in [5.74, 6) is 5.14. The number of nitrogens with one attached hydrogen (secondary N) is 1. The van der Waals surface area contributed by atoms with E-state index in [9.17, 15) is 23.3 Å². The van der Waals surface area contributed by atoms with E-state index in [-0.39, 0.29) is 24.5 Å². The molecule has 0 amide bonds. The Morgan fingerprint density at radius 1 is 1.45 bits per heavy atom. The Kier molecular flexibility index (Phi) is 5.28. The van der Waals surface area contributed by atoms with Crippen molar-refractivity contribution < 1.29 is 18.1 Å². The molecule has 9 heteroatoms. The number of nitrogen functional groups attached to an aromatic ring is 1. The van der Waals surface area contributed by atoms with Gasteiger partial charge in [0.1, 0.15) is 5.69 Å². The van der Waals surface area contributed by atoms with Gasteiger partial charge in [0.2, 0.25) is 0 Å². The molecule has 20 heavy (non-hydrogen) atoms. The molecule has 6 nitrogen and oxygen atoms in total. The van der Waals surface area contributed by atoms with Gasteiger partial charge >= 0.3 is 6.18 Å². The molecule has 0 atom stereocenters. The maximum absolute atomic E-state index is 12.3. The van der Waals surface area contributed by atoms with Crippen LogP contribution < -0.4 is 11.3 Å². The van der Waals surface area contributed by atoms with Gasteiger partial charge in [0, 0.05) is 12.6 Å².